The van der Waals surface area contributed by atoms with E-state index in [0.717, 1.165) is 31.2 Å². The minimum atomic E-state index is -0.526. The lowest BCUT2D eigenvalue weighted by Crippen LogP contribution is -2.37. The van der Waals surface area contributed by atoms with Crippen molar-refractivity contribution in [1.29, 1.82) is 5.41 Å². The highest BCUT2D eigenvalue weighted by atomic mass is 16.5. The Balaban J connectivity index is 2.06. The molecule has 0 atom stereocenters. The van der Waals surface area contributed by atoms with Crippen LogP contribution in [-0.4, -0.2) is 48.3 Å². The van der Waals surface area contributed by atoms with Gasteiger partial charge in [0.1, 0.15) is 18.1 Å². The molecule has 2 aromatic rings. The van der Waals surface area contributed by atoms with Gasteiger partial charge < -0.3 is 20.1 Å². The molecule has 2 aromatic carbocycles. The predicted octanol–water partition coefficient (Wildman–Crippen LogP) is 4.57. The van der Waals surface area contributed by atoms with Crippen LogP contribution in [0.4, 0.5) is 0 Å². The standard InChI is InChI=1S/C28H35N3O5/c1-4-6-7-8-17-31(19-25(32)35-5-2)27(33)20(3)18-21-9-11-23(12-10-21)28(34)36-24-15-13-22(14-16-24)26(29)30/h9-16,18H,4-8,17,19H2,1-3H3,(H3,29,30). The van der Waals surface area contributed by atoms with E-state index in [-0.39, 0.29) is 24.9 Å². The first kappa shape index (κ1) is 28.3. The van der Waals surface area contributed by atoms with Crippen molar-refractivity contribution >= 4 is 29.8 Å². The summed E-state index contributed by atoms with van der Waals surface area (Å²) in [6.45, 7) is 6.24. The molecule has 1 amide bonds. The minimum absolute atomic E-state index is 0.0641. The second-order valence-electron chi connectivity index (χ2n) is 8.37. The number of amidine groups is 1. The van der Waals surface area contributed by atoms with Gasteiger partial charge in [-0.05, 0) is 68.3 Å². The number of nitrogens with two attached hydrogens (primary N) is 1. The van der Waals surface area contributed by atoms with E-state index in [2.05, 4.69) is 6.92 Å². The Morgan fingerprint density at radius 3 is 2.17 bits per heavy atom. The average molecular weight is 494 g/mol. The smallest absolute Gasteiger partial charge is 0.343 e. The fraction of sp³-hybridized carbons (Fsp3) is 0.357. The second-order valence-corrected chi connectivity index (χ2v) is 8.37. The number of nitrogen functional groups attached to an aromatic ring is 1. The molecule has 192 valence electrons. The van der Waals surface area contributed by atoms with Crippen LogP contribution in [0.25, 0.3) is 6.08 Å². The highest BCUT2D eigenvalue weighted by molar-refractivity contribution is 5.99. The molecule has 0 unspecified atom stereocenters. The first-order valence-electron chi connectivity index (χ1n) is 12.1. The number of nitrogens with zero attached hydrogens (tertiary/aromatic N) is 1. The lowest BCUT2D eigenvalue weighted by Gasteiger charge is -2.22. The van der Waals surface area contributed by atoms with E-state index >= 15 is 0 Å². The average Bonchev–Trinajstić information content (AvgIpc) is 2.86. The van der Waals surface area contributed by atoms with Gasteiger partial charge >= 0.3 is 11.9 Å². The fourth-order valence-corrected chi connectivity index (χ4v) is 3.49. The Bertz CT molecular complexity index is 1080. The van der Waals surface area contributed by atoms with Crippen molar-refractivity contribution in [3.05, 3.63) is 70.8 Å². The van der Waals surface area contributed by atoms with Gasteiger partial charge in [-0.2, -0.15) is 0 Å². The molecule has 0 fully saturated rings. The Morgan fingerprint density at radius 2 is 1.58 bits per heavy atom. The van der Waals surface area contributed by atoms with Crippen LogP contribution in [0.15, 0.2) is 54.1 Å². The van der Waals surface area contributed by atoms with Crippen LogP contribution in [-0.2, 0) is 14.3 Å². The van der Waals surface area contributed by atoms with Gasteiger partial charge in [0.25, 0.3) is 0 Å². The van der Waals surface area contributed by atoms with E-state index in [0.29, 0.717) is 29.0 Å². The van der Waals surface area contributed by atoms with Gasteiger partial charge in [0.2, 0.25) is 5.91 Å². The number of carbonyl (C=O) groups excluding carboxylic acids is 3. The number of hydrogen-bond donors (Lipinski definition) is 2. The lowest BCUT2D eigenvalue weighted by molar-refractivity contribution is -0.147. The van der Waals surface area contributed by atoms with Crippen LogP contribution in [0.1, 0.15) is 67.9 Å². The van der Waals surface area contributed by atoms with Crippen LogP contribution < -0.4 is 10.5 Å². The SMILES string of the molecule is CCCCCCN(CC(=O)OCC)C(=O)C(C)=Cc1ccc(C(=O)Oc2ccc(C(=N)N)cc2)cc1. The number of hydrogen-bond acceptors (Lipinski definition) is 6. The number of esters is 2. The normalized spacial score (nSPS) is 11.0. The van der Waals surface area contributed by atoms with Gasteiger partial charge in [-0.1, -0.05) is 38.3 Å². The monoisotopic (exact) mass is 493 g/mol. The number of rotatable bonds is 13. The third kappa shape index (κ3) is 9.02. The van der Waals surface area contributed by atoms with Gasteiger partial charge in [0.15, 0.2) is 0 Å². The van der Waals surface area contributed by atoms with E-state index < -0.39 is 11.9 Å². The summed E-state index contributed by atoms with van der Waals surface area (Å²) in [7, 11) is 0. The molecule has 0 radical (unpaired) electrons. The van der Waals surface area contributed by atoms with Crippen molar-refractivity contribution in [2.75, 3.05) is 19.7 Å². The third-order valence-corrected chi connectivity index (χ3v) is 5.44. The minimum Gasteiger partial charge on any atom is -0.465 e. The zero-order valence-electron chi connectivity index (χ0n) is 21.2. The topological polar surface area (TPSA) is 123 Å². The Labute approximate surface area is 212 Å². The highest BCUT2D eigenvalue weighted by Crippen LogP contribution is 2.16. The van der Waals surface area contributed by atoms with Crippen molar-refractivity contribution in [3.8, 4) is 5.75 Å². The Hall–Kier alpha value is -3.94. The van der Waals surface area contributed by atoms with E-state index in [1.54, 1.807) is 68.5 Å². The van der Waals surface area contributed by atoms with Gasteiger partial charge in [-0.15, -0.1) is 0 Å². The van der Waals surface area contributed by atoms with Crippen LogP contribution in [0.3, 0.4) is 0 Å². The molecule has 3 N–H and O–H groups in total. The van der Waals surface area contributed by atoms with E-state index in [9.17, 15) is 14.4 Å². The number of benzene rings is 2. The van der Waals surface area contributed by atoms with Gasteiger partial charge in [-0.3, -0.25) is 15.0 Å². The van der Waals surface area contributed by atoms with Crippen molar-refractivity contribution in [3.63, 3.8) is 0 Å². The summed E-state index contributed by atoms with van der Waals surface area (Å²) in [5, 5.41) is 7.41. The number of unbranched alkanes of at least 4 members (excludes halogenated alkanes) is 3. The zero-order valence-corrected chi connectivity index (χ0v) is 21.2. The number of nitrogens with one attached hydrogen (secondary N) is 1. The molecule has 2 rings (SSSR count). The summed E-state index contributed by atoms with van der Waals surface area (Å²) in [6, 6.07) is 13.1. The van der Waals surface area contributed by atoms with Gasteiger partial charge in [0, 0.05) is 17.7 Å². The number of carbonyl (C=O) groups is 3. The molecule has 0 aromatic heterocycles. The molecular weight excluding hydrogens is 458 g/mol. The maximum Gasteiger partial charge on any atom is 0.343 e. The summed E-state index contributed by atoms with van der Waals surface area (Å²) in [5.74, 6) is -0.895. The van der Waals surface area contributed by atoms with Gasteiger partial charge in [-0.25, -0.2) is 4.79 Å². The van der Waals surface area contributed by atoms with E-state index in [1.165, 1.54) is 4.90 Å². The molecule has 36 heavy (non-hydrogen) atoms. The largest absolute Gasteiger partial charge is 0.465 e. The van der Waals surface area contributed by atoms with Crippen LogP contribution in [0.2, 0.25) is 0 Å². The highest BCUT2D eigenvalue weighted by Gasteiger charge is 2.19. The van der Waals surface area contributed by atoms with Gasteiger partial charge in [0.05, 0.1) is 12.2 Å². The molecule has 8 heteroatoms. The first-order valence-corrected chi connectivity index (χ1v) is 12.1. The first-order chi connectivity index (χ1) is 17.2. The fourth-order valence-electron chi connectivity index (χ4n) is 3.49. The van der Waals surface area contributed by atoms with Crippen LogP contribution >= 0.6 is 0 Å². The molecule has 0 aliphatic carbocycles. The van der Waals surface area contributed by atoms with E-state index in [4.69, 9.17) is 20.6 Å². The summed E-state index contributed by atoms with van der Waals surface area (Å²) in [6.07, 6.45) is 5.70. The van der Waals surface area contributed by atoms with Crippen molar-refractivity contribution in [2.45, 2.75) is 46.5 Å². The Kier molecular flexibility index (Phi) is 11.4. The number of amides is 1. The summed E-state index contributed by atoms with van der Waals surface area (Å²) in [4.78, 5) is 39.1. The van der Waals surface area contributed by atoms with E-state index in [1.807, 2.05) is 0 Å². The molecule has 0 saturated heterocycles. The predicted molar refractivity (Wildman–Crippen MR) is 140 cm³/mol. The zero-order chi connectivity index (χ0) is 26.5. The lowest BCUT2D eigenvalue weighted by atomic mass is 10.1. The van der Waals surface area contributed by atoms with Crippen molar-refractivity contribution in [1.82, 2.24) is 4.90 Å². The summed E-state index contributed by atoms with van der Waals surface area (Å²) < 4.78 is 10.4. The molecule has 8 nitrogen and oxygen atoms in total. The van der Waals surface area contributed by atoms with Crippen LogP contribution in [0.5, 0.6) is 5.75 Å². The molecule has 0 aliphatic heterocycles. The summed E-state index contributed by atoms with van der Waals surface area (Å²) in [5.41, 5.74) is 7.55. The second kappa shape index (κ2) is 14.5. The third-order valence-electron chi connectivity index (χ3n) is 5.44. The maximum absolute atomic E-state index is 13.1. The molecule has 0 bridgehead atoms. The van der Waals surface area contributed by atoms with Crippen molar-refractivity contribution in [2.24, 2.45) is 5.73 Å². The molecule has 0 heterocycles. The Morgan fingerprint density at radius 1 is 0.944 bits per heavy atom. The molecule has 0 saturated carbocycles. The van der Waals surface area contributed by atoms with Crippen LogP contribution in [0, 0.1) is 5.41 Å². The maximum atomic E-state index is 13.1. The molecule has 0 aliphatic rings. The molecule has 0 spiro atoms. The molecular formula is C28H35N3O5. The van der Waals surface area contributed by atoms with Crippen molar-refractivity contribution < 1.29 is 23.9 Å². The quantitative estimate of drug-likeness (QED) is 0.105. The number of ether oxygens (including phenoxy) is 2. The summed E-state index contributed by atoms with van der Waals surface area (Å²) >= 11 is 0.